The monoisotopic (exact) mass is 339 g/mol. The third-order valence-electron chi connectivity index (χ3n) is 3.92. The lowest BCUT2D eigenvalue weighted by Crippen LogP contribution is -2.15. The molecule has 1 N–H and O–H groups in total. The van der Waals surface area contributed by atoms with Gasteiger partial charge in [-0.2, -0.15) is 0 Å². The first-order valence-electron chi connectivity index (χ1n) is 6.47. The highest BCUT2D eigenvalue weighted by molar-refractivity contribution is 9.10. The minimum atomic E-state index is -0.600. The normalized spacial score (nSPS) is 26.4. The summed E-state index contributed by atoms with van der Waals surface area (Å²) in [7, 11) is 0. The van der Waals surface area contributed by atoms with Gasteiger partial charge in [-0.1, -0.05) is 18.5 Å². The van der Waals surface area contributed by atoms with E-state index >= 15 is 0 Å². The van der Waals surface area contributed by atoms with Crippen LogP contribution in [0, 0.1) is 5.92 Å². The molecule has 1 aromatic rings. The third-order valence-corrected chi connectivity index (χ3v) is 4.62. The van der Waals surface area contributed by atoms with Crippen molar-refractivity contribution in [3.05, 3.63) is 50.2 Å². The average molecular weight is 341 g/mol. The lowest BCUT2D eigenvalue weighted by Gasteiger charge is -2.26. The second kappa shape index (κ2) is 5.04. The lowest BCUT2D eigenvalue weighted by molar-refractivity contribution is 0.196. The Morgan fingerprint density at radius 1 is 1.42 bits per heavy atom. The summed E-state index contributed by atoms with van der Waals surface area (Å²) in [6, 6.07) is 2.06. The number of fused-ring (bicyclic) bond motifs is 1. The van der Waals surface area contributed by atoms with Gasteiger partial charge in [0.1, 0.15) is 6.10 Å². The van der Waals surface area contributed by atoms with Gasteiger partial charge >= 0.3 is 0 Å². The number of aromatic nitrogens is 1. The zero-order valence-corrected chi connectivity index (χ0v) is 13.0. The first kappa shape index (κ1) is 13.3. The van der Waals surface area contributed by atoms with E-state index in [4.69, 9.17) is 11.6 Å². The number of halogens is 2. The molecule has 0 amide bonds. The molecule has 4 heteroatoms. The van der Waals surface area contributed by atoms with E-state index in [0.717, 1.165) is 45.6 Å². The fourth-order valence-electron chi connectivity index (χ4n) is 3.07. The van der Waals surface area contributed by atoms with Gasteiger partial charge < -0.3 is 5.11 Å². The van der Waals surface area contributed by atoms with Gasteiger partial charge in [0.15, 0.2) is 0 Å². The average Bonchev–Trinajstić information content (AvgIpc) is 2.47. The number of allylic oxidation sites excluding steroid dienone is 3. The summed E-state index contributed by atoms with van der Waals surface area (Å²) in [4.78, 5) is 4.42. The Morgan fingerprint density at radius 2 is 2.21 bits per heavy atom. The van der Waals surface area contributed by atoms with Crippen molar-refractivity contribution in [1.29, 1.82) is 0 Å². The second-order valence-corrected chi connectivity index (χ2v) is 6.68. The lowest BCUT2D eigenvalue weighted by atomic mass is 9.84. The molecule has 2 aliphatic rings. The van der Waals surface area contributed by atoms with Crippen molar-refractivity contribution in [1.82, 2.24) is 4.98 Å². The molecule has 1 heterocycles. The van der Waals surface area contributed by atoms with Crippen molar-refractivity contribution >= 4 is 27.5 Å². The molecule has 0 fully saturated rings. The number of nitrogens with zero attached hydrogens (tertiary/aromatic N) is 1. The van der Waals surface area contributed by atoms with Gasteiger partial charge in [-0.3, -0.25) is 4.98 Å². The van der Waals surface area contributed by atoms with Crippen molar-refractivity contribution in [2.45, 2.75) is 32.3 Å². The Labute approximate surface area is 126 Å². The summed E-state index contributed by atoms with van der Waals surface area (Å²) in [5, 5.41) is 11.6. The molecule has 0 saturated carbocycles. The molecule has 0 saturated heterocycles. The number of hydrogen-bond acceptors (Lipinski definition) is 2. The van der Waals surface area contributed by atoms with E-state index < -0.39 is 6.10 Å². The molecular formula is C15H15BrClNO. The fraction of sp³-hybridized carbons (Fsp3) is 0.400. The van der Waals surface area contributed by atoms with Crippen LogP contribution in [0.25, 0.3) is 0 Å². The second-order valence-electron chi connectivity index (χ2n) is 5.28. The minimum absolute atomic E-state index is 0.277. The van der Waals surface area contributed by atoms with Crippen LogP contribution in [-0.4, -0.2) is 10.1 Å². The number of rotatable bonds is 0. The molecule has 2 atom stereocenters. The molecule has 0 bridgehead atoms. The molecule has 100 valence electrons. The highest BCUT2D eigenvalue weighted by Gasteiger charge is 2.30. The SMILES string of the molecule is CC1CC(Cl)=CC2=C1C(O)c1ncc(Br)cc1CC2. The van der Waals surface area contributed by atoms with Crippen LogP contribution in [0.3, 0.4) is 0 Å². The van der Waals surface area contributed by atoms with Crippen molar-refractivity contribution < 1.29 is 5.11 Å². The molecule has 0 spiro atoms. The van der Waals surface area contributed by atoms with E-state index in [9.17, 15) is 5.11 Å². The standard InChI is InChI=1S/C15H15BrClNO/c1-8-4-12(17)6-9-2-3-10-5-11(16)7-18-14(10)15(19)13(8)9/h5-8,15,19H,2-4H2,1H3. The maximum Gasteiger partial charge on any atom is 0.118 e. The van der Waals surface area contributed by atoms with Crippen molar-refractivity contribution in [2.75, 3.05) is 0 Å². The first-order chi connectivity index (χ1) is 9.06. The Morgan fingerprint density at radius 3 is 3.00 bits per heavy atom. The van der Waals surface area contributed by atoms with Crippen LogP contribution < -0.4 is 0 Å². The van der Waals surface area contributed by atoms with Gasteiger partial charge in [-0.15, -0.1) is 0 Å². The predicted molar refractivity (Wildman–Crippen MR) is 80.0 cm³/mol. The van der Waals surface area contributed by atoms with Crippen LogP contribution in [-0.2, 0) is 6.42 Å². The zero-order valence-electron chi connectivity index (χ0n) is 10.7. The Hall–Kier alpha value is -0.640. The smallest absolute Gasteiger partial charge is 0.118 e. The summed E-state index contributed by atoms with van der Waals surface area (Å²) < 4.78 is 0.958. The maximum absolute atomic E-state index is 10.7. The van der Waals surface area contributed by atoms with Gasteiger partial charge in [0, 0.05) is 15.7 Å². The Balaban J connectivity index is 2.11. The summed E-state index contributed by atoms with van der Waals surface area (Å²) in [6.45, 7) is 2.12. The Bertz CT molecular complexity index is 594. The largest absolute Gasteiger partial charge is 0.382 e. The van der Waals surface area contributed by atoms with Crippen LogP contribution >= 0.6 is 27.5 Å². The molecule has 0 radical (unpaired) electrons. The van der Waals surface area contributed by atoms with E-state index in [2.05, 4.69) is 33.9 Å². The molecular weight excluding hydrogens is 326 g/mol. The highest BCUT2D eigenvalue weighted by Crippen LogP contribution is 2.42. The van der Waals surface area contributed by atoms with Crippen LogP contribution in [0.4, 0.5) is 0 Å². The molecule has 19 heavy (non-hydrogen) atoms. The fourth-order valence-corrected chi connectivity index (χ4v) is 3.81. The van der Waals surface area contributed by atoms with Gasteiger partial charge in [0.25, 0.3) is 0 Å². The molecule has 2 unspecified atom stereocenters. The van der Waals surface area contributed by atoms with Crippen molar-refractivity contribution in [3.8, 4) is 0 Å². The van der Waals surface area contributed by atoms with E-state index in [1.54, 1.807) is 6.20 Å². The highest BCUT2D eigenvalue weighted by atomic mass is 79.9. The summed E-state index contributed by atoms with van der Waals surface area (Å²) in [6.07, 6.45) is 5.80. The molecule has 0 aliphatic heterocycles. The quantitative estimate of drug-likeness (QED) is 0.764. The van der Waals surface area contributed by atoms with E-state index in [0.29, 0.717) is 0 Å². The molecule has 2 aliphatic carbocycles. The van der Waals surface area contributed by atoms with Crippen LogP contribution in [0.1, 0.15) is 37.1 Å². The number of aliphatic hydroxyl groups is 1. The van der Waals surface area contributed by atoms with Gasteiger partial charge in [-0.05, 0) is 70.0 Å². The van der Waals surface area contributed by atoms with Crippen LogP contribution in [0.15, 0.2) is 39.0 Å². The summed E-state index contributed by atoms with van der Waals surface area (Å²) in [5.41, 5.74) is 4.20. The number of hydrogen-bond donors (Lipinski definition) is 1. The predicted octanol–water partition coefficient (Wildman–Crippen LogP) is 4.28. The number of aryl methyl sites for hydroxylation is 1. The zero-order chi connectivity index (χ0) is 13.6. The summed E-state index contributed by atoms with van der Waals surface area (Å²) in [5.74, 6) is 0.277. The number of aliphatic hydroxyl groups excluding tert-OH is 1. The molecule has 0 aromatic carbocycles. The minimum Gasteiger partial charge on any atom is -0.382 e. The van der Waals surface area contributed by atoms with Gasteiger partial charge in [0.2, 0.25) is 0 Å². The number of pyridine rings is 1. The Kier molecular flexibility index (Phi) is 3.54. The molecule has 2 nitrogen and oxygen atoms in total. The first-order valence-corrected chi connectivity index (χ1v) is 7.64. The maximum atomic E-state index is 10.7. The third kappa shape index (κ3) is 2.39. The van der Waals surface area contributed by atoms with Gasteiger partial charge in [-0.25, -0.2) is 0 Å². The van der Waals surface area contributed by atoms with Crippen LogP contribution in [0.2, 0.25) is 0 Å². The van der Waals surface area contributed by atoms with Crippen LogP contribution in [0.5, 0.6) is 0 Å². The molecule has 3 rings (SSSR count). The van der Waals surface area contributed by atoms with Gasteiger partial charge in [0.05, 0.1) is 5.69 Å². The van der Waals surface area contributed by atoms with Crippen molar-refractivity contribution in [3.63, 3.8) is 0 Å². The summed E-state index contributed by atoms with van der Waals surface area (Å²) >= 11 is 9.63. The topological polar surface area (TPSA) is 33.1 Å². The van der Waals surface area contributed by atoms with E-state index in [-0.39, 0.29) is 5.92 Å². The van der Waals surface area contributed by atoms with E-state index in [1.807, 2.05) is 6.08 Å². The van der Waals surface area contributed by atoms with E-state index in [1.165, 1.54) is 5.57 Å². The molecule has 1 aromatic heterocycles. The van der Waals surface area contributed by atoms with Crippen molar-refractivity contribution in [2.24, 2.45) is 5.92 Å².